The molecule has 0 spiro atoms. The lowest BCUT2D eigenvalue weighted by atomic mass is 10.0. The molecule has 6 heteroatoms. The first-order chi connectivity index (χ1) is 9.87. The Bertz CT molecular complexity index is 614. The number of para-hydroxylation sites is 1. The first-order valence-corrected chi connectivity index (χ1v) is 6.51. The van der Waals surface area contributed by atoms with Gasteiger partial charge in [0.05, 0.1) is 6.10 Å². The Morgan fingerprint density at radius 2 is 1.67 bits per heavy atom. The van der Waals surface area contributed by atoms with Crippen LogP contribution in [0, 0.1) is 0 Å². The Morgan fingerprint density at radius 3 is 2.33 bits per heavy atom. The fourth-order valence-corrected chi connectivity index (χ4v) is 2.17. The molecule has 0 heterocycles. The molecule has 0 aliphatic heterocycles. The maximum atomic E-state index is 12.4. The van der Waals surface area contributed by atoms with Gasteiger partial charge in [-0.3, -0.25) is 0 Å². The van der Waals surface area contributed by atoms with Gasteiger partial charge in [0, 0.05) is 17.0 Å². The van der Waals surface area contributed by atoms with E-state index in [9.17, 15) is 18.3 Å². The van der Waals surface area contributed by atoms with Gasteiger partial charge in [-0.25, -0.2) is 0 Å². The van der Waals surface area contributed by atoms with Gasteiger partial charge in [-0.05, 0) is 17.7 Å². The molecule has 2 nitrogen and oxygen atoms in total. The molecule has 112 valence electrons. The summed E-state index contributed by atoms with van der Waals surface area (Å²) in [7, 11) is 0. The first kappa shape index (κ1) is 15.7. The molecule has 0 fully saturated rings. The van der Waals surface area contributed by atoms with Gasteiger partial charge in [-0.2, -0.15) is 0 Å². The summed E-state index contributed by atoms with van der Waals surface area (Å²) >= 11 is 5.98. The van der Waals surface area contributed by atoms with E-state index < -0.39 is 18.2 Å². The number of aliphatic hydroxyl groups excluding tert-OH is 1. The van der Waals surface area contributed by atoms with Gasteiger partial charge in [0.1, 0.15) is 5.75 Å². The minimum Gasteiger partial charge on any atom is -0.405 e. The molecule has 1 atom stereocenters. The van der Waals surface area contributed by atoms with Gasteiger partial charge >= 0.3 is 6.36 Å². The Balaban J connectivity index is 2.23. The average molecular weight is 317 g/mol. The van der Waals surface area contributed by atoms with Crippen molar-refractivity contribution in [2.45, 2.75) is 18.9 Å². The first-order valence-electron chi connectivity index (χ1n) is 6.13. The summed E-state index contributed by atoms with van der Waals surface area (Å²) in [5, 5.41) is 10.6. The molecule has 2 aromatic rings. The van der Waals surface area contributed by atoms with Crippen molar-refractivity contribution in [3.05, 3.63) is 64.7 Å². The monoisotopic (exact) mass is 316 g/mol. The van der Waals surface area contributed by atoms with E-state index in [0.717, 1.165) is 0 Å². The highest BCUT2D eigenvalue weighted by Gasteiger charge is 2.32. The van der Waals surface area contributed by atoms with Gasteiger partial charge in [-0.15, -0.1) is 13.2 Å². The SMILES string of the molecule is OC(Cc1ccccc1Cl)c1ccccc1OC(F)(F)F. The standard InChI is InChI=1S/C15H12ClF3O2/c16-12-7-3-1-5-10(12)9-13(20)11-6-2-4-8-14(11)21-15(17,18)19/h1-8,13,20H,9H2. The highest BCUT2D eigenvalue weighted by Crippen LogP contribution is 2.32. The fourth-order valence-electron chi connectivity index (χ4n) is 1.96. The van der Waals surface area contributed by atoms with E-state index in [0.29, 0.717) is 10.6 Å². The van der Waals surface area contributed by atoms with E-state index in [2.05, 4.69) is 4.74 Å². The fraction of sp³-hybridized carbons (Fsp3) is 0.200. The van der Waals surface area contributed by atoms with Crippen LogP contribution in [0.15, 0.2) is 48.5 Å². The molecule has 0 saturated carbocycles. The number of benzene rings is 2. The lowest BCUT2D eigenvalue weighted by Crippen LogP contribution is -2.19. The smallest absolute Gasteiger partial charge is 0.405 e. The van der Waals surface area contributed by atoms with Crippen LogP contribution in [0.3, 0.4) is 0 Å². The molecular weight excluding hydrogens is 305 g/mol. The molecular formula is C15H12ClF3O2. The predicted octanol–water partition coefficient (Wildman–Crippen LogP) is 4.51. The van der Waals surface area contributed by atoms with E-state index in [1.807, 2.05) is 0 Å². The summed E-state index contributed by atoms with van der Waals surface area (Å²) in [5.41, 5.74) is 0.711. The van der Waals surface area contributed by atoms with Crippen molar-refractivity contribution in [1.82, 2.24) is 0 Å². The molecule has 1 unspecified atom stereocenters. The summed E-state index contributed by atoms with van der Waals surface area (Å²) in [4.78, 5) is 0. The highest BCUT2D eigenvalue weighted by molar-refractivity contribution is 6.31. The van der Waals surface area contributed by atoms with Gasteiger partial charge < -0.3 is 9.84 Å². The number of alkyl halides is 3. The normalized spacial score (nSPS) is 13.0. The van der Waals surface area contributed by atoms with Crippen molar-refractivity contribution >= 4 is 11.6 Å². The van der Waals surface area contributed by atoms with Gasteiger partial charge in [0.15, 0.2) is 0 Å². The van der Waals surface area contributed by atoms with Crippen molar-refractivity contribution < 1.29 is 23.0 Å². The van der Waals surface area contributed by atoms with E-state index in [1.165, 1.54) is 24.3 Å². The zero-order valence-electron chi connectivity index (χ0n) is 10.8. The second kappa shape index (κ2) is 6.37. The van der Waals surface area contributed by atoms with Crippen LogP contribution in [0.25, 0.3) is 0 Å². The summed E-state index contributed by atoms with van der Waals surface area (Å²) in [6.45, 7) is 0. The largest absolute Gasteiger partial charge is 0.573 e. The van der Waals surface area contributed by atoms with Crippen molar-refractivity contribution in [3.8, 4) is 5.75 Å². The van der Waals surface area contributed by atoms with Crippen LogP contribution < -0.4 is 4.74 Å². The molecule has 0 aliphatic carbocycles. The minimum atomic E-state index is -4.81. The lowest BCUT2D eigenvalue weighted by Gasteiger charge is -2.17. The third kappa shape index (κ3) is 4.37. The molecule has 21 heavy (non-hydrogen) atoms. The predicted molar refractivity (Wildman–Crippen MR) is 73.2 cm³/mol. The van der Waals surface area contributed by atoms with Gasteiger partial charge in [0.2, 0.25) is 0 Å². The Labute approximate surface area is 124 Å². The zero-order chi connectivity index (χ0) is 15.5. The van der Waals surface area contributed by atoms with Crippen molar-refractivity contribution in [2.75, 3.05) is 0 Å². The Kier molecular flexibility index (Phi) is 4.75. The average Bonchev–Trinajstić information content (AvgIpc) is 2.40. The third-order valence-electron chi connectivity index (χ3n) is 2.87. The number of aliphatic hydroxyl groups is 1. The van der Waals surface area contributed by atoms with Crippen molar-refractivity contribution in [2.24, 2.45) is 0 Å². The number of rotatable bonds is 4. The van der Waals surface area contributed by atoms with E-state index in [1.54, 1.807) is 24.3 Å². The topological polar surface area (TPSA) is 29.5 Å². The highest BCUT2D eigenvalue weighted by atomic mass is 35.5. The maximum Gasteiger partial charge on any atom is 0.573 e. The van der Waals surface area contributed by atoms with Crippen LogP contribution in [0.4, 0.5) is 13.2 Å². The molecule has 0 saturated heterocycles. The van der Waals surface area contributed by atoms with E-state index >= 15 is 0 Å². The molecule has 2 rings (SSSR count). The summed E-state index contributed by atoms with van der Waals surface area (Å²) < 4.78 is 41.0. The number of halogens is 4. The summed E-state index contributed by atoms with van der Waals surface area (Å²) in [5.74, 6) is -0.412. The van der Waals surface area contributed by atoms with E-state index in [-0.39, 0.29) is 12.0 Å². The number of ether oxygens (including phenoxy) is 1. The van der Waals surface area contributed by atoms with E-state index in [4.69, 9.17) is 11.6 Å². The van der Waals surface area contributed by atoms with Crippen LogP contribution in [-0.2, 0) is 6.42 Å². The molecule has 1 N–H and O–H groups in total. The zero-order valence-corrected chi connectivity index (χ0v) is 11.5. The van der Waals surface area contributed by atoms with Gasteiger partial charge in [-0.1, -0.05) is 48.0 Å². The van der Waals surface area contributed by atoms with Crippen LogP contribution in [0.2, 0.25) is 5.02 Å². The Hall–Kier alpha value is -1.72. The van der Waals surface area contributed by atoms with Crippen LogP contribution in [-0.4, -0.2) is 11.5 Å². The van der Waals surface area contributed by atoms with Gasteiger partial charge in [0.25, 0.3) is 0 Å². The second-order valence-electron chi connectivity index (χ2n) is 4.40. The quantitative estimate of drug-likeness (QED) is 0.899. The number of hydrogen-bond acceptors (Lipinski definition) is 2. The molecule has 0 aliphatic rings. The maximum absolute atomic E-state index is 12.4. The van der Waals surface area contributed by atoms with Crippen molar-refractivity contribution in [1.29, 1.82) is 0 Å². The lowest BCUT2D eigenvalue weighted by molar-refractivity contribution is -0.275. The molecule has 0 radical (unpaired) electrons. The summed E-state index contributed by atoms with van der Waals surface area (Å²) in [6.07, 6.45) is -5.86. The molecule has 0 aromatic heterocycles. The second-order valence-corrected chi connectivity index (χ2v) is 4.80. The van der Waals surface area contributed by atoms with Crippen LogP contribution in [0.1, 0.15) is 17.2 Å². The molecule has 0 amide bonds. The molecule has 0 bridgehead atoms. The van der Waals surface area contributed by atoms with Crippen LogP contribution in [0.5, 0.6) is 5.75 Å². The minimum absolute atomic E-state index is 0.0646. The summed E-state index contributed by atoms with van der Waals surface area (Å²) in [6, 6.07) is 12.3. The molecule has 2 aromatic carbocycles. The van der Waals surface area contributed by atoms with Crippen LogP contribution >= 0.6 is 11.6 Å². The third-order valence-corrected chi connectivity index (χ3v) is 3.24. The number of hydrogen-bond donors (Lipinski definition) is 1. The van der Waals surface area contributed by atoms with Crippen molar-refractivity contribution in [3.63, 3.8) is 0 Å². The Morgan fingerprint density at radius 1 is 1.05 bits per heavy atom.